The van der Waals surface area contributed by atoms with Crippen molar-refractivity contribution in [3.8, 4) is 0 Å². The van der Waals surface area contributed by atoms with E-state index in [1.54, 1.807) is 42.2 Å². The molecule has 1 fully saturated rings. The van der Waals surface area contributed by atoms with Crippen LogP contribution in [-0.4, -0.2) is 50.0 Å². The highest BCUT2D eigenvalue weighted by Crippen LogP contribution is 2.22. The second kappa shape index (κ2) is 12.4. The summed E-state index contributed by atoms with van der Waals surface area (Å²) >= 11 is 6.35. The minimum atomic E-state index is -3.51. The molecule has 1 atom stereocenters. The van der Waals surface area contributed by atoms with Gasteiger partial charge in [-0.1, -0.05) is 60.8 Å². The number of rotatable bonds is 11. The van der Waals surface area contributed by atoms with Gasteiger partial charge in [-0.15, -0.1) is 0 Å². The molecule has 1 aliphatic rings. The molecule has 35 heavy (non-hydrogen) atoms. The van der Waals surface area contributed by atoms with Crippen LogP contribution >= 0.6 is 11.6 Å². The lowest BCUT2D eigenvalue weighted by Gasteiger charge is -2.30. The maximum Gasteiger partial charge on any atom is 0.242 e. The Balaban J connectivity index is 1.71. The van der Waals surface area contributed by atoms with E-state index >= 15 is 0 Å². The summed E-state index contributed by atoms with van der Waals surface area (Å²) in [6, 6.07) is 15.5. The summed E-state index contributed by atoms with van der Waals surface area (Å²) in [6.45, 7) is 2.09. The summed E-state index contributed by atoms with van der Waals surface area (Å²) in [7, 11) is -3.51. The van der Waals surface area contributed by atoms with E-state index in [0.717, 1.165) is 37.5 Å². The highest BCUT2D eigenvalue weighted by atomic mass is 35.5. The molecule has 0 aromatic heterocycles. The van der Waals surface area contributed by atoms with Crippen LogP contribution in [0.1, 0.15) is 51.0 Å². The predicted molar refractivity (Wildman–Crippen MR) is 140 cm³/mol. The third-order valence-corrected chi connectivity index (χ3v) is 7.93. The standard InChI is InChI=1S/C26H34ClN3O4S/c1-20(26(32)28-22-12-7-8-13-22)29(19-21-11-6-9-16-24(21)27)25(31)17-10-18-30(35(2,33)34)23-14-4-3-5-15-23/h3-6,9,11,14-16,20,22H,7-8,10,12-13,17-19H2,1-2H3,(H,28,32). The smallest absolute Gasteiger partial charge is 0.242 e. The molecule has 2 aromatic rings. The molecule has 0 heterocycles. The molecule has 1 saturated carbocycles. The zero-order valence-electron chi connectivity index (χ0n) is 20.3. The second-order valence-corrected chi connectivity index (χ2v) is 11.4. The van der Waals surface area contributed by atoms with Gasteiger partial charge in [-0.3, -0.25) is 13.9 Å². The molecule has 9 heteroatoms. The van der Waals surface area contributed by atoms with E-state index < -0.39 is 16.1 Å². The molecule has 1 aliphatic carbocycles. The van der Waals surface area contributed by atoms with Crippen molar-refractivity contribution < 1.29 is 18.0 Å². The Morgan fingerprint density at radius 3 is 2.31 bits per heavy atom. The third kappa shape index (κ3) is 7.70. The lowest BCUT2D eigenvalue weighted by molar-refractivity contribution is -0.140. The van der Waals surface area contributed by atoms with Gasteiger partial charge in [0, 0.05) is 30.6 Å². The lowest BCUT2D eigenvalue weighted by atomic mass is 10.1. The molecule has 0 bridgehead atoms. The quantitative estimate of drug-likeness (QED) is 0.478. The van der Waals surface area contributed by atoms with Gasteiger partial charge in [-0.05, 0) is 49.9 Å². The highest BCUT2D eigenvalue weighted by molar-refractivity contribution is 7.92. The highest BCUT2D eigenvalue weighted by Gasteiger charge is 2.29. The number of para-hydroxylation sites is 1. The van der Waals surface area contributed by atoms with Crippen LogP contribution in [0, 0.1) is 0 Å². The Morgan fingerprint density at radius 2 is 1.69 bits per heavy atom. The fourth-order valence-corrected chi connectivity index (χ4v) is 5.54. The van der Waals surface area contributed by atoms with E-state index in [-0.39, 0.29) is 37.4 Å². The van der Waals surface area contributed by atoms with Gasteiger partial charge in [0.1, 0.15) is 6.04 Å². The minimum absolute atomic E-state index is 0.102. The van der Waals surface area contributed by atoms with Gasteiger partial charge >= 0.3 is 0 Å². The Morgan fingerprint density at radius 1 is 1.06 bits per heavy atom. The molecular formula is C26H34ClN3O4S. The van der Waals surface area contributed by atoms with Crippen molar-refractivity contribution in [3.63, 3.8) is 0 Å². The molecule has 3 rings (SSSR count). The number of carbonyl (C=O) groups excluding carboxylic acids is 2. The van der Waals surface area contributed by atoms with Gasteiger partial charge in [0.15, 0.2) is 0 Å². The summed E-state index contributed by atoms with van der Waals surface area (Å²) in [5.74, 6) is -0.403. The van der Waals surface area contributed by atoms with Crippen molar-refractivity contribution in [2.24, 2.45) is 0 Å². The average molecular weight is 520 g/mol. The molecule has 190 valence electrons. The van der Waals surface area contributed by atoms with Crippen LogP contribution in [0.4, 0.5) is 5.69 Å². The first kappa shape index (κ1) is 27.0. The number of carbonyl (C=O) groups is 2. The minimum Gasteiger partial charge on any atom is -0.352 e. The van der Waals surface area contributed by atoms with Gasteiger partial charge in [0.25, 0.3) is 0 Å². The van der Waals surface area contributed by atoms with Crippen LogP contribution < -0.4 is 9.62 Å². The number of halogens is 1. The number of sulfonamides is 1. The molecule has 2 aromatic carbocycles. The Bertz CT molecular complexity index is 1100. The first-order valence-electron chi connectivity index (χ1n) is 12.0. The van der Waals surface area contributed by atoms with Crippen LogP contribution in [0.25, 0.3) is 0 Å². The SMILES string of the molecule is CC(C(=O)NC1CCCC1)N(Cc1ccccc1Cl)C(=O)CCCN(c1ccccc1)S(C)(=O)=O. The monoisotopic (exact) mass is 519 g/mol. The molecule has 1 unspecified atom stereocenters. The van der Waals surface area contributed by atoms with Gasteiger partial charge in [-0.25, -0.2) is 8.42 Å². The van der Waals surface area contributed by atoms with Crippen LogP contribution in [0.2, 0.25) is 5.02 Å². The fourth-order valence-electron chi connectivity index (χ4n) is 4.38. The first-order chi connectivity index (χ1) is 16.7. The van der Waals surface area contributed by atoms with Crippen molar-refractivity contribution in [2.75, 3.05) is 17.1 Å². The van der Waals surface area contributed by atoms with Crippen LogP contribution in [-0.2, 0) is 26.2 Å². The maximum atomic E-state index is 13.3. The molecule has 0 radical (unpaired) electrons. The van der Waals surface area contributed by atoms with Crippen molar-refractivity contribution in [3.05, 3.63) is 65.2 Å². The molecule has 0 aliphatic heterocycles. The van der Waals surface area contributed by atoms with Gasteiger partial charge in [0.2, 0.25) is 21.8 Å². The molecule has 7 nitrogen and oxygen atoms in total. The average Bonchev–Trinajstić information content (AvgIpc) is 3.33. The largest absolute Gasteiger partial charge is 0.352 e. The van der Waals surface area contributed by atoms with Gasteiger partial charge in [-0.2, -0.15) is 0 Å². The zero-order chi connectivity index (χ0) is 25.4. The Labute approximate surface area is 213 Å². The molecular weight excluding hydrogens is 486 g/mol. The number of hydrogen-bond donors (Lipinski definition) is 1. The van der Waals surface area contributed by atoms with E-state index in [1.807, 2.05) is 24.3 Å². The molecule has 0 saturated heterocycles. The number of hydrogen-bond acceptors (Lipinski definition) is 4. The number of amides is 2. The van der Waals surface area contributed by atoms with Gasteiger partial charge < -0.3 is 10.2 Å². The third-order valence-electron chi connectivity index (χ3n) is 6.36. The lowest BCUT2D eigenvalue weighted by Crippen LogP contribution is -2.49. The van der Waals surface area contributed by atoms with E-state index in [0.29, 0.717) is 17.1 Å². The normalized spacial score (nSPS) is 14.9. The van der Waals surface area contributed by atoms with Crippen molar-refractivity contribution >= 4 is 39.1 Å². The predicted octanol–water partition coefficient (Wildman–Crippen LogP) is 4.36. The fraction of sp³-hybridized carbons (Fsp3) is 0.462. The number of nitrogens with zero attached hydrogens (tertiary/aromatic N) is 2. The van der Waals surface area contributed by atoms with Crippen LogP contribution in [0.15, 0.2) is 54.6 Å². The van der Waals surface area contributed by atoms with E-state index in [1.165, 1.54) is 4.31 Å². The van der Waals surface area contributed by atoms with E-state index in [4.69, 9.17) is 11.6 Å². The van der Waals surface area contributed by atoms with Crippen molar-refractivity contribution in [1.82, 2.24) is 10.2 Å². The van der Waals surface area contributed by atoms with Crippen molar-refractivity contribution in [2.45, 2.75) is 64.1 Å². The van der Waals surface area contributed by atoms with E-state index in [2.05, 4.69) is 5.32 Å². The summed E-state index contributed by atoms with van der Waals surface area (Å²) in [5.41, 5.74) is 1.31. The zero-order valence-corrected chi connectivity index (χ0v) is 21.9. The summed E-state index contributed by atoms with van der Waals surface area (Å²) in [6.07, 6.45) is 5.68. The molecule has 0 spiro atoms. The second-order valence-electron chi connectivity index (χ2n) is 9.05. The summed E-state index contributed by atoms with van der Waals surface area (Å²) in [4.78, 5) is 27.9. The Kier molecular flexibility index (Phi) is 9.57. The number of benzene rings is 2. The van der Waals surface area contributed by atoms with E-state index in [9.17, 15) is 18.0 Å². The number of anilines is 1. The number of nitrogens with one attached hydrogen (secondary N) is 1. The molecule has 2 amide bonds. The van der Waals surface area contributed by atoms with Crippen LogP contribution in [0.3, 0.4) is 0 Å². The van der Waals surface area contributed by atoms with Gasteiger partial charge in [0.05, 0.1) is 11.9 Å². The van der Waals surface area contributed by atoms with Crippen molar-refractivity contribution in [1.29, 1.82) is 0 Å². The Hall–Kier alpha value is -2.58. The summed E-state index contributed by atoms with van der Waals surface area (Å²) in [5, 5.41) is 3.61. The first-order valence-corrected chi connectivity index (χ1v) is 14.3. The summed E-state index contributed by atoms with van der Waals surface area (Å²) < 4.78 is 26.0. The van der Waals surface area contributed by atoms with Crippen LogP contribution in [0.5, 0.6) is 0 Å². The maximum absolute atomic E-state index is 13.3. The topological polar surface area (TPSA) is 86.8 Å². The molecule has 1 N–H and O–H groups in total.